The van der Waals surface area contributed by atoms with Gasteiger partial charge in [0.25, 0.3) is 0 Å². The number of carboxylic acid groups (broad SMARTS) is 1. The molecule has 0 aromatic rings. The number of carboxylic acids is 1. The van der Waals surface area contributed by atoms with E-state index in [4.69, 9.17) is 29.4 Å². The molecule has 0 radical (unpaired) electrons. The minimum Gasteiger partial charge on any atom is -0.480 e. The van der Waals surface area contributed by atoms with Crippen LogP contribution < -0.4 is 5.73 Å². The Morgan fingerprint density at radius 2 is 0.697 bits per heavy atom. The van der Waals surface area contributed by atoms with Crippen LogP contribution in [0.1, 0.15) is 303 Å². The molecule has 3 atom stereocenters. The van der Waals surface area contributed by atoms with E-state index in [1.165, 1.54) is 244 Å². The second-order valence-corrected chi connectivity index (χ2v) is 21.2. The minimum atomic E-state index is -4.62. The van der Waals surface area contributed by atoms with Crippen molar-refractivity contribution in [2.75, 3.05) is 26.4 Å². The molecule has 66 heavy (non-hydrogen) atoms. The number of unbranched alkanes of at least 4 members (excludes halogenated alkanes) is 42. The van der Waals surface area contributed by atoms with Crippen LogP contribution >= 0.6 is 7.82 Å². The largest absolute Gasteiger partial charge is 0.480 e. The molecule has 0 aromatic heterocycles. The van der Waals surface area contributed by atoms with E-state index in [1.54, 1.807) is 0 Å². The standard InChI is InChI=1S/C55H110NO9P/c1-3-5-7-9-11-13-15-17-19-21-23-25-27-29-31-33-35-37-39-41-43-45-47-54(57)65-52(50-63-66(60,61)64-51-53(56)55(58)59)49-62-48-46-44-42-40-38-36-34-32-30-28-26-24-22-20-18-16-14-12-10-8-6-4-2/h52-53H,3-51,56H2,1-2H3,(H,58,59)(H,60,61). The molecule has 0 aliphatic carbocycles. The van der Waals surface area contributed by atoms with E-state index in [9.17, 15) is 19.0 Å². The number of hydrogen-bond donors (Lipinski definition) is 3. The second kappa shape index (κ2) is 51.8. The Hall–Kier alpha value is -1.03. The van der Waals surface area contributed by atoms with Crippen LogP contribution in [0.25, 0.3) is 0 Å². The Balaban J connectivity index is 4.01. The molecular weight excluding hydrogens is 850 g/mol. The molecule has 394 valence electrons. The van der Waals surface area contributed by atoms with E-state index in [1.807, 2.05) is 0 Å². The fraction of sp³-hybridized carbons (Fsp3) is 0.964. The van der Waals surface area contributed by atoms with Gasteiger partial charge in [0.05, 0.1) is 19.8 Å². The van der Waals surface area contributed by atoms with Crippen LogP contribution in [0.15, 0.2) is 0 Å². The van der Waals surface area contributed by atoms with Crippen LogP contribution in [0.5, 0.6) is 0 Å². The average molecular weight is 960 g/mol. The first kappa shape index (κ1) is 65.0. The number of rotatable bonds is 56. The summed E-state index contributed by atoms with van der Waals surface area (Å²) in [5, 5.41) is 8.95. The first-order valence-electron chi connectivity index (χ1n) is 28.6. The van der Waals surface area contributed by atoms with E-state index >= 15 is 0 Å². The van der Waals surface area contributed by atoms with Gasteiger partial charge in [-0.2, -0.15) is 0 Å². The van der Waals surface area contributed by atoms with Gasteiger partial charge in [-0.25, -0.2) is 4.57 Å². The molecule has 3 unspecified atom stereocenters. The highest BCUT2D eigenvalue weighted by Gasteiger charge is 2.27. The average Bonchev–Trinajstić information content (AvgIpc) is 3.30. The normalized spacial score (nSPS) is 13.5. The van der Waals surface area contributed by atoms with E-state index < -0.39 is 45.1 Å². The number of nitrogens with two attached hydrogens (primary N) is 1. The van der Waals surface area contributed by atoms with Crippen LogP contribution in [-0.4, -0.2) is 60.5 Å². The van der Waals surface area contributed by atoms with Crippen LogP contribution in [0, 0.1) is 0 Å². The van der Waals surface area contributed by atoms with Gasteiger partial charge in [0.15, 0.2) is 0 Å². The van der Waals surface area contributed by atoms with E-state index in [2.05, 4.69) is 13.8 Å². The first-order valence-corrected chi connectivity index (χ1v) is 30.1. The summed E-state index contributed by atoms with van der Waals surface area (Å²) in [5.74, 6) is -1.76. The van der Waals surface area contributed by atoms with Crippen molar-refractivity contribution in [1.29, 1.82) is 0 Å². The molecule has 4 N–H and O–H groups in total. The van der Waals surface area contributed by atoms with Gasteiger partial charge >= 0.3 is 19.8 Å². The lowest BCUT2D eigenvalue weighted by atomic mass is 10.0. The maximum atomic E-state index is 12.7. The third-order valence-electron chi connectivity index (χ3n) is 13.1. The summed E-state index contributed by atoms with van der Waals surface area (Å²) in [4.78, 5) is 33.8. The summed E-state index contributed by atoms with van der Waals surface area (Å²) in [6.07, 6.45) is 57.4. The minimum absolute atomic E-state index is 0.0268. The SMILES string of the molecule is CCCCCCCCCCCCCCCCCCCCCCCCOCC(COP(=O)(O)OCC(N)C(=O)O)OC(=O)CCCCCCCCCCCCCCCCCCCCCCCC. The van der Waals surface area contributed by atoms with E-state index in [-0.39, 0.29) is 13.0 Å². The van der Waals surface area contributed by atoms with Crippen molar-refractivity contribution in [3.63, 3.8) is 0 Å². The molecule has 0 heterocycles. The van der Waals surface area contributed by atoms with Crippen molar-refractivity contribution in [1.82, 2.24) is 0 Å². The number of carbonyl (C=O) groups excluding carboxylic acids is 1. The molecule has 0 saturated carbocycles. The molecule has 0 rings (SSSR count). The molecule has 0 aliphatic rings. The molecule has 0 aromatic carbocycles. The van der Waals surface area contributed by atoms with Crippen molar-refractivity contribution in [3.05, 3.63) is 0 Å². The Bertz CT molecular complexity index is 1070. The van der Waals surface area contributed by atoms with Crippen LogP contribution in [0.3, 0.4) is 0 Å². The quantitative estimate of drug-likeness (QED) is 0.0305. The summed E-state index contributed by atoms with van der Waals surface area (Å²) < 4.78 is 33.6. The highest BCUT2D eigenvalue weighted by atomic mass is 31.2. The third kappa shape index (κ3) is 50.8. The van der Waals surface area contributed by atoms with Gasteiger partial charge in [-0.15, -0.1) is 0 Å². The summed E-state index contributed by atoms with van der Waals surface area (Å²) in [6, 6.07) is -1.47. The van der Waals surface area contributed by atoms with E-state index in [0.717, 1.165) is 38.5 Å². The Morgan fingerprint density at radius 1 is 0.424 bits per heavy atom. The molecular formula is C55H110NO9P. The summed E-state index contributed by atoms with van der Waals surface area (Å²) in [6.45, 7) is 3.98. The zero-order chi connectivity index (χ0) is 48.3. The fourth-order valence-electron chi connectivity index (χ4n) is 8.73. The van der Waals surface area contributed by atoms with Gasteiger partial charge < -0.3 is 25.2 Å². The molecule has 0 saturated heterocycles. The number of esters is 1. The molecule has 0 amide bonds. The summed E-state index contributed by atoms with van der Waals surface area (Å²) in [5.41, 5.74) is 5.39. The number of hydrogen-bond acceptors (Lipinski definition) is 8. The maximum Gasteiger partial charge on any atom is 0.472 e. The van der Waals surface area contributed by atoms with Gasteiger partial charge in [-0.05, 0) is 12.8 Å². The molecule has 11 heteroatoms. The van der Waals surface area contributed by atoms with Crippen molar-refractivity contribution in [2.24, 2.45) is 5.73 Å². The molecule has 0 fully saturated rings. The summed E-state index contributed by atoms with van der Waals surface area (Å²) in [7, 11) is -4.62. The Morgan fingerprint density at radius 3 is 1.00 bits per heavy atom. The van der Waals surface area contributed by atoms with Crippen LogP contribution in [0.4, 0.5) is 0 Å². The highest BCUT2D eigenvalue weighted by molar-refractivity contribution is 7.47. The lowest BCUT2D eigenvalue weighted by molar-refractivity contribution is -0.154. The van der Waals surface area contributed by atoms with Crippen LogP contribution in [0.2, 0.25) is 0 Å². The molecule has 0 aliphatic heterocycles. The maximum absolute atomic E-state index is 12.7. The lowest BCUT2D eigenvalue weighted by Crippen LogP contribution is -2.34. The van der Waals surface area contributed by atoms with Gasteiger partial charge in [-0.3, -0.25) is 18.6 Å². The predicted octanol–water partition coefficient (Wildman–Crippen LogP) is 17.1. The van der Waals surface area contributed by atoms with Gasteiger partial charge in [0.1, 0.15) is 12.1 Å². The zero-order valence-electron chi connectivity index (χ0n) is 43.6. The predicted molar refractivity (Wildman–Crippen MR) is 277 cm³/mol. The van der Waals surface area contributed by atoms with Gasteiger partial charge in [0, 0.05) is 13.0 Å². The van der Waals surface area contributed by atoms with Gasteiger partial charge in [0.2, 0.25) is 0 Å². The monoisotopic (exact) mass is 960 g/mol. The van der Waals surface area contributed by atoms with Crippen LogP contribution in [-0.2, 0) is 32.7 Å². The number of ether oxygens (including phenoxy) is 2. The number of phosphoric acid groups is 1. The van der Waals surface area contributed by atoms with Gasteiger partial charge in [-0.1, -0.05) is 284 Å². The van der Waals surface area contributed by atoms with Crippen molar-refractivity contribution in [2.45, 2.75) is 315 Å². The number of phosphoric ester groups is 1. The smallest absolute Gasteiger partial charge is 0.472 e. The highest BCUT2D eigenvalue weighted by Crippen LogP contribution is 2.43. The molecule has 0 spiro atoms. The summed E-state index contributed by atoms with van der Waals surface area (Å²) >= 11 is 0. The number of carbonyl (C=O) groups is 2. The number of aliphatic carboxylic acids is 1. The lowest BCUT2D eigenvalue weighted by Gasteiger charge is -2.20. The topological polar surface area (TPSA) is 155 Å². The van der Waals surface area contributed by atoms with Crippen molar-refractivity contribution in [3.8, 4) is 0 Å². The molecule has 0 bridgehead atoms. The van der Waals surface area contributed by atoms with Crippen molar-refractivity contribution < 1.29 is 42.7 Å². The van der Waals surface area contributed by atoms with Crippen molar-refractivity contribution >= 4 is 19.8 Å². The Labute approximate surface area is 408 Å². The fourth-order valence-corrected chi connectivity index (χ4v) is 9.51. The zero-order valence-corrected chi connectivity index (χ0v) is 44.5. The first-order chi connectivity index (χ1) is 32.2. The third-order valence-corrected chi connectivity index (χ3v) is 14.1. The second-order valence-electron chi connectivity index (χ2n) is 19.8. The van der Waals surface area contributed by atoms with E-state index in [0.29, 0.717) is 6.61 Å². The molecule has 10 nitrogen and oxygen atoms in total. The Kier molecular flexibility index (Phi) is 51.0.